The van der Waals surface area contributed by atoms with Crippen molar-refractivity contribution >= 4 is 16.1 Å². The van der Waals surface area contributed by atoms with Gasteiger partial charge in [0.2, 0.25) is 10.0 Å². The smallest absolute Gasteiger partial charge is 0.404 e. The van der Waals surface area contributed by atoms with Gasteiger partial charge in [-0.15, -0.1) is 0 Å². The van der Waals surface area contributed by atoms with Crippen LogP contribution in [0.2, 0.25) is 0 Å². The molecular formula is C9H18N2O5S. The molecule has 0 spiro atoms. The third kappa shape index (κ3) is 4.14. The number of amides is 1. The molecule has 8 heteroatoms. The number of aliphatic hydroxyl groups excluding tert-OH is 1. The summed E-state index contributed by atoms with van der Waals surface area (Å²) in [6.07, 6.45) is 1.10. The Morgan fingerprint density at radius 1 is 1.47 bits per heavy atom. The van der Waals surface area contributed by atoms with Crippen LogP contribution in [0.5, 0.6) is 0 Å². The first kappa shape index (κ1) is 14.2. The van der Waals surface area contributed by atoms with E-state index >= 15 is 0 Å². The molecule has 1 amide bonds. The van der Waals surface area contributed by atoms with Crippen LogP contribution in [-0.4, -0.2) is 61.0 Å². The number of hydrogen-bond acceptors (Lipinski definition) is 4. The minimum Gasteiger partial charge on any atom is -0.465 e. The summed E-state index contributed by atoms with van der Waals surface area (Å²) in [5.41, 5.74) is 0. The van der Waals surface area contributed by atoms with Crippen LogP contribution in [0.15, 0.2) is 0 Å². The third-order valence-electron chi connectivity index (χ3n) is 3.04. The molecule has 100 valence electrons. The highest BCUT2D eigenvalue weighted by molar-refractivity contribution is 7.88. The van der Waals surface area contributed by atoms with E-state index < -0.39 is 22.2 Å². The van der Waals surface area contributed by atoms with Crippen molar-refractivity contribution < 1.29 is 23.4 Å². The van der Waals surface area contributed by atoms with E-state index in [9.17, 15) is 13.2 Å². The summed E-state index contributed by atoms with van der Waals surface area (Å²) in [6, 6.07) is -0.519. The van der Waals surface area contributed by atoms with Crippen molar-refractivity contribution in [3.8, 4) is 0 Å². The maximum Gasteiger partial charge on any atom is 0.404 e. The first-order chi connectivity index (χ1) is 7.84. The van der Waals surface area contributed by atoms with Crippen LogP contribution in [0.4, 0.5) is 4.79 Å². The predicted molar refractivity (Wildman–Crippen MR) is 61.2 cm³/mol. The zero-order valence-corrected chi connectivity index (χ0v) is 10.5. The molecule has 1 aliphatic heterocycles. The second-order valence-corrected chi connectivity index (χ2v) is 6.22. The largest absolute Gasteiger partial charge is 0.465 e. The van der Waals surface area contributed by atoms with Gasteiger partial charge in [-0.25, -0.2) is 17.5 Å². The summed E-state index contributed by atoms with van der Waals surface area (Å²) in [6.45, 7) is 0.485. The summed E-state index contributed by atoms with van der Waals surface area (Å²) in [7, 11) is -3.17. The first-order valence-corrected chi connectivity index (χ1v) is 7.25. The molecule has 1 unspecified atom stereocenters. The van der Waals surface area contributed by atoms with E-state index in [1.165, 1.54) is 4.31 Å². The van der Waals surface area contributed by atoms with Crippen LogP contribution in [0, 0.1) is 5.92 Å². The molecule has 1 fully saturated rings. The number of piperidine rings is 1. The van der Waals surface area contributed by atoms with Gasteiger partial charge in [0, 0.05) is 13.1 Å². The second kappa shape index (κ2) is 5.65. The number of aliphatic hydroxyl groups is 1. The van der Waals surface area contributed by atoms with Gasteiger partial charge in [0.15, 0.2) is 0 Å². The van der Waals surface area contributed by atoms with Gasteiger partial charge < -0.3 is 15.5 Å². The van der Waals surface area contributed by atoms with Gasteiger partial charge in [-0.3, -0.25) is 0 Å². The first-order valence-electron chi connectivity index (χ1n) is 5.40. The number of nitrogens with zero attached hydrogens (tertiary/aromatic N) is 1. The lowest BCUT2D eigenvalue weighted by atomic mass is 9.91. The molecule has 7 nitrogen and oxygen atoms in total. The molecule has 0 radical (unpaired) electrons. The molecule has 0 aromatic heterocycles. The normalized spacial score (nSPS) is 21.1. The summed E-state index contributed by atoms with van der Waals surface area (Å²) in [5.74, 6) is -0.0194. The maximum absolute atomic E-state index is 11.3. The topological polar surface area (TPSA) is 107 Å². The van der Waals surface area contributed by atoms with Gasteiger partial charge in [-0.05, 0) is 18.8 Å². The lowest BCUT2D eigenvalue weighted by Gasteiger charge is -2.33. The molecule has 17 heavy (non-hydrogen) atoms. The van der Waals surface area contributed by atoms with Crippen LogP contribution in [0.1, 0.15) is 12.8 Å². The summed E-state index contributed by atoms with van der Waals surface area (Å²) >= 11 is 0. The molecule has 1 heterocycles. The van der Waals surface area contributed by atoms with Crippen molar-refractivity contribution in [2.45, 2.75) is 18.9 Å². The Labute approximate surface area is 100 Å². The Morgan fingerprint density at radius 2 is 2.00 bits per heavy atom. The lowest BCUT2D eigenvalue weighted by molar-refractivity contribution is 0.140. The molecule has 1 saturated heterocycles. The summed E-state index contributed by atoms with van der Waals surface area (Å²) < 4.78 is 23.9. The van der Waals surface area contributed by atoms with Crippen LogP contribution < -0.4 is 5.32 Å². The minimum atomic E-state index is -3.17. The van der Waals surface area contributed by atoms with E-state index in [1.807, 2.05) is 0 Å². The van der Waals surface area contributed by atoms with Crippen LogP contribution in [0.25, 0.3) is 0 Å². The van der Waals surface area contributed by atoms with E-state index in [-0.39, 0.29) is 12.5 Å². The van der Waals surface area contributed by atoms with Crippen molar-refractivity contribution in [2.75, 3.05) is 26.0 Å². The number of rotatable bonds is 4. The van der Waals surface area contributed by atoms with Gasteiger partial charge in [-0.1, -0.05) is 0 Å². The Bertz CT molecular complexity index is 362. The van der Waals surface area contributed by atoms with E-state index in [0.717, 1.165) is 6.26 Å². The molecule has 1 atom stereocenters. The zero-order chi connectivity index (χ0) is 13.1. The average Bonchev–Trinajstić information content (AvgIpc) is 2.24. The van der Waals surface area contributed by atoms with E-state index in [4.69, 9.17) is 10.2 Å². The van der Waals surface area contributed by atoms with Crippen molar-refractivity contribution in [1.82, 2.24) is 9.62 Å². The number of carboxylic acid groups (broad SMARTS) is 1. The van der Waals surface area contributed by atoms with Gasteiger partial charge in [-0.2, -0.15) is 0 Å². The molecule has 0 aromatic carbocycles. The molecule has 3 N–H and O–H groups in total. The molecule has 0 aromatic rings. The Morgan fingerprint density at radius 3 is 2.35 bits per heavy atom. The zero-order valence-electron chi connectivity index (χ0n) is 9.66. The Hall–Kier alpha value is -0.860. The van der Waals surface area contributed by atoms with Crippen LogP contribution >= 0.6 is 0 Å². The van der Waals surface area contributed by atoms with Gasteiger partial charge in [0.05, 0.1) is 18.9 Å². The molecule has 1 aliphatic rings. The quantitative estimate of drug-likeness (QED) is 0.623. The molecule has 0 aliphatic carbocycles. The van der Waals surface area contributed by atoms with Gasteiger partial charge in [0.1, 0.15) is 0 Å². The average molecular weight is 266 g/mol. The van der Waals surface area contributed by atoms with Gasteiger partial charge in [0.25, 0.3) is 0 Å². The molecule has 0 bridgehead atoms. The van der Waals surface area contributed by atoms with Crippen molar-refractivity contribution in [1.29, 1.82) is 0 Å². The van der Waals surface area contributed by atoms with Crippen LogP contribution in [0.3, 0.4) is 0 Å². The standard InChI is InChI=1S/C9H18N2O5S/c1-17(15,16)11-4-2-7(3-5-11)8(6-12)10-9(13)14/h7-8,10,12H,2-6H2,1H3,(H,13,14). The predicted octanol–water partition coefficient (Wildman–Crippen LogP) is -0.713. The second-order valence-electron chi connectivity index (χ2n) is 4.24. The van der Waals surface area contributed by atoms with Crippen molar-refractivity contribution in [2.24, 2.45) is 5.92 Å². The lowest BCUT2D eigenvalue weighted by Crippen LogP contribution is -2.47. The highest BCUT2D eigenvalue weighted by Gasteiger charge is 2.30. The monoisotopic (exact) mass is 266 g/mol. The number of carbonyl (C=O) groups is 1. The fraction of sp³-hybridized carbons (Fsp3) is 0.889. The van der Waals surface area contributed by atoms with Crippen molar-refractivity contribution in [3.63, 3.8) is 0 Å². The Balaban J connectivity index is 2.53. The van der Waals surface area contributed by atoms with Crippen molar-refractivity contribution in [3.05, 3.63) is 0 Å². The highest BCUT2D eigenvalue weighted by Crippen LogP contribution is 2.22. The fourth-order valence-corrected chi connectivity index (χ4v) is 2.96. The highest BCUT2D eigenvalue weighted by atomic mass is 32.2. The maximum atomic E-state index is 11.3. The third-order valence-corrected chi connectivity index (χ3v) is 4.35. The number of sulfonamides is 1. The van der Waals surface area contributed by atoms with E-state index in [1.54, 1.807) is 0 Å². The molecule has 0 saturated carbocycles. The van der Waals surface area contributed by atoms with Gasteiger partial charge >= 0.3 is 6.09 Å². The van der Waals surface area contributed by atoms with E-state index in [2.05, 4.69) is 5.32 Å². The van der Waals surface area contributed by atoms with E-state index in [0.29, 0.717) is 25.9 Å². The number of nitrogens with one attached hydrogen (secondary N) is 1. The summed E-state index contributed by atoms with van der Waals surface area (Å²) in [5, 5.41) is 19.9. The molecular weight excluding hydrogens is 248 g/mol. The summed E-state index contributed by atoms with van der Waals surface area (Å²) in [4.78, 5) is 10.5. The van der Waals surface area contributed by atoms with Crippen LogP contribution in [-0.2, 0) is 10.0 Å². The SMILES string of the molecule is CS(=O)(=O)N1CCC(C(CO)NC(=O)O)CC1. The minimum absolute atomic E-state index is 0.0194. The Kier molecular flexibility index (Phi) is 4.72. The fourth-order valence-electron chi connectivity index (χ4n) is 2.08. The molecule has 1 rings (SSSR count). The number of hydrogen-bond donors (Lipinski definition) is 3.